The van der Waals surface area contributed by atoms with E-state index >= 15 is 0 Å². The number of esters is 3. The Balaban J connectivity index is 3.82. The molecule has 9 atom stereocenters. The molecule has 0 aromatic heterocycles. The van der Waals surface area contributed by atoms with E-state index in [1.807, 2.05) is 0 Å². The molecule has 102 heavy (non-hydrogen) atoms. The highest BCUT2D eigenvalue weighted by atomic mass is 31.2. The van der Waals surface area contributed by atoms with Gasteiger partial charge in [-0.1, -0.05) is 324 Å². The molecule has 1 saturated heterocycles. The minimum atomic E-state index is -5.54. The number of carbonyl (C=O) groups is 6. The van der Waals surface area contributed by atoms with Crippen LogP contribution in [0.3, 0.4) is 0 Å². The number of nitrogens with one attached hydrogen (secondary N) is 2. The molecule has 1 aliphatic heterocycles. The predicted molar refractivity (Wildman–Crippen MR) is 407 cm³/mol. The van der Waals surface area contributed by atoms with Crippen LogP contribution in [0.15, 0.2) is 0 Å². The topological polar surface area (TPSA) is 289 Å². The number of ether oxygens (including phenoxy) is 6. The molecule has 0 aromatic rings. The number of aliphatic hydroxyl groups is 1. The van der Waals surface area contributed by atoms with Gasteiger partial charge in [0.05, 0.1) is 38.6 Å². The molecule has 6 N–H and O–H groups in total. The molecule has 0 radical (unpaired) electrons. The summed E-state index contributed by atoms with van der Waals surface area (Å²) in [5, 5.41) is 27.1. The van der Waals surface area contributed by atoms with E-state index in [9.17, 15) is 53.3 Å². The minimum absolute atomic E-state index is 0.124. The summed E-state index contributed by atoms with van der Waals surface area (Å²) in [6.45, 7) is 11.8. The van der Waals surface area contributed by atoms with Crippen LogP contribution in [0.4, 0.5) is 0 Å². The highest BCUT2D eigenvalue weighted by molar-refractivity contribution is 7.46. The van der Waals surface area contributed by atoms with Crippen molar-refractivity contribution in [1.29, 1.82) is 0 Å². The fourth-order valence-electron chi connectivity index (χ4n) is 13.6. The molecule has 1 fully saturated rings. The van der Waals surface area contributed by atoms with Gasteiger partial charge in [-0.15, -0.1) is 0 Å². The van der Waals surface area contributed by atoms with E-state index < -0.39 is 125 Å². The van der Waals surface area contributed by atoms with Crippen LogP contribution >= 0.6 is 7.82 Å². The number of amides is 2. The number of hydrogen-bond acceptors (Lipinski definition) is 15. The smallest absolute Gasteiger partial charge is 0.470 e. The molecular formula is C81H153N2O18P. The highest BCUT2D eigenvalue weighted by Gasteiger charge is 2.52. The number of phosphoric ester groups is 1. The molecule has 0 aromatic carbocycles. The third kappa shape index (κ3) is 55.2. The van der Waals surface area contributed by atoms with Gasteiger partial charge in [-0.25, -0.2) is 9.36 Å². The van der Waals surface area contributed by atoms with Crippen molar-refractivity contribution in [2.24, 2.45) is 0 Å². The molecule has 600 valence electrons. The lowest BCUT2D eigenvalue weighted by molar-refractivity contribution is -0.272. The Bertz CT molecular complexity index is 2060. The molecule has 0 bridgehead atoms. The maximum Gasteiger partial charge on any atom is 0.470 e. The number of carboxylic acids is 1. The molecule has 2 amide bonds. The van der Waals surface area contributed by atoms with Crippen molar-refractivity contribution in [3.05, 3.63) is 0 Å². The number of unbranched alkanes of at least 4 members (excludes halogenated alkanes) is 43. The van der Waals surface area contributed by atoms with E-state index in [2.05, 4.69) is 52.2 Å². The van der Waals surface area contributed by atoms with Gasteiger partial charge in [0.15, 0.2) is 18.4 Å². The summed E-state index contributed by atoms with van der Waals surface area (Å²) in [6.07, 6.45) is 42.0. The van der Waals surface area contributed by atoms with E-state index in [1.165, 1.54) is 83.5 Å². The van der Waals surface area contributed by atoms with Crippen molar-refractivity contribution < 1.29 is 86.3 Å². The van der Waals surface area contributed by atoms with E-state index in [0.29, 0.717) is 51.6 Å². The number of rotatable bonds is 74. The van der Waals surface area contributed by atoms with Crippen LogP contribution in [0, 0.1) is 0 Å². The Morgan fingerprint density at radius 3 is 1.14 bits per heavy atom. The molecule has 0 saturated carbocycles. The molecule has 0 aliphatic carbocycles. The number of aliphatic carboxylic acids is 1. The van der Waals surface area contributed by atoms with E-state index in [1.54, 1.807) is 0 Å². The lowest BCUT2D eigenvalue weighted by atomic mass is 9.95. The van der Waals surface area contributed by atoms with Crippen LogP contribution in [0.25, 0.3) is 0 Å². The van der Waals surface area contributed by atoms with Crippen LogP contribution in [0.5, 0.6) is 0 Å². The molecule has 1 heterocycles. The molecular weight excluding hydrogens is 1320 g/mol. The number of carboxylic acid groups (broad SMARTS) is 1. The molecule has 21 heteroatoms. The lowest BCUT2D eigenvalue weighted by Crippen LogP contribution is -2.66. The van der Waals surface area contributed by atoms with Gasteiger partial charge in [0.1, 0.15) is 30.5 Å². The van der Waals surface area contributed by atoms with E-state index in [-0.39, 0.29) is 19.3 Å². The highest BCUT2D eigenvalue weighted by Crippen LogP contribution is 2.42. The van der Waals surface area contributed by atoms with Gasteiger partial charge in [0, 0.05) is 19.4 Å². The third-order valence-electron chi connectivity index (χ3n) is 19.8. The summed E-state index contributed by atoms with van der Waals surface area (Å²) in [4.78, 5) is 105. The Kier molecular flexibility index (Phi) is 63.7. The fourth-order valence-corrected chi connectivity index (χ4v) is 14.1. The van der Waals surface area contributed by atoms with Crippen LogP contribution < -0.4 is 10.6 Å². The predicted octanol–water partition coefficient (Wildman–Crippen LogP) is 19.7. The van der Waals surface area contributed by atoms with Crippen molar-refractivity contribution >= 4 is 43.5 Å². The SMILES string of the molecule is CCCCCCCCCCC[C@H](CC(=O)N[C@H](CO[C@@H]1O[C@H](CO)[C@@H](OP(=O)(O)O)[C@H](OC(=O)C[C@@H](CCCCCCCCCCC)OC(=O)CCCCCCCCC)[C@H]1NC(=O)C[C@@H](CCCCCCCCCCC)OC(=O)CCCCCCCCC)C(=O)O)OCCCCCCCCCC. The molecule has 20 nitrogen and oxygen atoms in total. The van der Waals surface area contributed by atoms with Crippen LogP contribution in [0.2, 0.25) is 0 Å². The first-order chi connectivity index (χ1) is 49.4. The standard InChI is InChI=1S/C81H153N2O18P/c1-7-13-19-25-31-35-40-44-50-56-67(95-61-55-49-43-34-28-22-16-10-4)62-72(85)82-70(80(90)91)66-96-81-77(83-73(86)63-68(57-51-45-41-36-32-26-20-14-8-2)97-74(87)59-53-47-38-29-23-17-11-5)79(78(71(65-84)99-81)101-102(92,93)94)100-76(89)64-69(58-52-46-42-37-33-27-21-15-9-3)98-75(88)60-54-48-39-30-24-18-12-6/h67-71,77-79,81,84H,7-66H2,1-6H3,(H,82,85)(H,83,86)(H,90,91)(H2,92,93,94)/t67-,68-,69-,70-,71-,77-,78-,79-,81-/m1/s1. The maximum absolute atomic E-state index is 14.8. The number of phosphoric acid groups is 1. The lowest BCUT2D eigenvalue weighted by Gasteiger charge is -2.45. The largest absolute Gasteiger partial charge is 0.480 e. The summed E-state index contributed by atoms with van der Waals surface area (Å²) in [5.74, 6) is -4.79. The number of aliphatic hydroxyl groups excluding tert-OH is 1. The average Bonchev–Trinajstić information content (AvgIpc) is 0.781. The van der Waals surface area contributed by atoms with Gasteiger partial charge in [-0.05, 0) is 51.4 Å². The molecule has 1 aliphatic rings. The second kappa shape index (κ2) is 67.1. The van der Waals surface area contributed by atoms with Gasteiger partial charge in [-0.2, -0.15) is 0 Å². The van der Waals surface area contributed by atoms with Gasteiger partial charge < -0.3 is 59.1 Å². The van der Waals surface area contributed by atoms with Crippen LogP contribution in [-0.2, 0) is 66.3 Å². The van der Waals surface area contributed by atoms with Gasteiger partial charge >= 0.3 is 31.7 Å². The fraction of sp³-hybridized carbons (Fsp3) is 0.926. The normalized spacial score (nSPS) is 17.4. The van der Waals surface area contributed by atoms with Crippen molar-refractivity contribution in [2.75, 3.05) is 19.8 Å². The van der Waals surface area contributed by atoms with Crippen molar-refractivity contribution in [2.45, 2.75) is 463 Å². The summed E-state index contributed by atoms with van der Waals surface area (Å²) < 4.78 is 55.4. The monoisotopic (exact) mass is 1470 g/mol. The Labute approximate surface area is 620 Å². The quantitative estimate of drug-likeness (QED) is 0.0143. The van der Waals surface area contributed by atoms with E-state index in [4.69, 9.17) is 32.9 Å². The Hall–Kier alpha value is -3.23. The van der Waals surface area contributed by atoms with Crippen LogP contribution in [0.1, 0.15) is 408 Å². The Morgan fingerprint density at radius 1 is 0.422 bits per heavy atom. The molecule has 1 rings (SSSR count). The van der Waals surface area contributed by atoms with Crippen LogP contribution in [-0.4, -0.2) is 131 Å². The first-order valence-corrected chi connectivity index (χ1v) is 43.6. The van der Waals surface area contributed by atoms with E-state index in [0.717, 1.165) is 205 Å². The zero-order valence-corrected chi connectivity index (χ0v) is 66.5. The van der Waals surface area contributed by atoms with Crippen molar-refractivity contribution in [3.63, 3.8) is 0 Å². The second-order valence-electron chi connectivity index (χ2n) is 29.5. The maximum atomic E-state index is 14.8. The minimum Gasteiger partial charge on any atom is -0.480 e. The zero-order chi connectivity index (χ0) is 75.0. The third-order valence-corrected chi connectivity index (χ3v) is 20.3. The summed E-state index contributed by atoms with van der Waals surface area (Å²) in [5.41, 5.74) is 0. The van der Waals surface area contributed by atoms with Crippen molar-refractivity contribution in [3.8, 4) is 0 Å². The first-order valence-electron chi connectivity index (χ1n) is 42.1. The van der Waals surface area contributed by atoms with Gasteiger partial charge in [0.2, 0.25) is 11.8 Å². The van der Waals surface area contributed by atoms with Crippen molar-refractivity contribution in [1.82, 2.24) is 10.6 Å². The number of hydrogen-bond donors (Lipinski definition) is 6. The molecule has 0 spiro atoms. The Morgan fingerprint density at radius 2 is 0.765 bits per heavy atom. The summed E-state index contributed by atoms with van der Waals surface area (Å²) in [7, 11) is -5.54. The van der Waals surface area contributed by atoms with Gasteiger partial charge in [-0.3, -0.25) is 28.5 Å². The average molecular weight is 1470 g/mol. The first kappa shape index (κ1) is 96.8. The molecule has 0 unspecified atom stereocenters. The number of carbonyl (C=O) groups excluding carboxylic acids is 5. The second-order valence-corrected chi connectivity index (χ2v) is 30.7. The summed E-state index contributed by atoms with van der Waals surface area (Å²) >= 11 is 0. The zero-order valence-electron chi connectivity index (χ0n) is 65.6. The van der Waals surface area contributed by atoms with Gasteiger partial charge in [0.25, 0.3) is 0 Å². The summed E-state index contributed by atoms with van der Waals surface area (Å²) in [6, 6.07) is -3.46.